The highest BCUT2D eigenvalue weighted by Gasteiger charge is 2.44. The molecule has 2 N–H and O–H groups in total. The van der Waals surface area contributed by atoms with Crippen LogP contribution in [0.4, 0.5) is 5.69 Å². The van der Waals surface area contributed by atoms with Crippen LogP contribution in [0.5, 0.6) is 11.5 Å². The molecule has 1 atom stereocenters. The average Bonchev–Trinajstić information content (AvgIpc) is 2.97. The minimum Gasteiger partial charge on any atom is -0.466 e. The Kier molecular flexibility index (Phi) is 5.44. The van der Waals surface area contributed by atoms with Gasteiger partial charge in [-0.1, -0.05) is 18.2 Å². The molecular weight excluding hydrogens is 360 g/mol. The fourth-order valence-electron chi connectivity index (χ4n) is 3.10. The number of esters is 1. The van der Waals surface area contributed by atoms with Gasteiger partial charge in [-0.3, -0.25) is 9.59 Å². The number of carbonyl (C=O) groups excluding carboxylic acids is 3. The molecule has 1 unspecified atom stereocenters. The number of carbonyl (C=O) groups is 3. The summed E-state index contributed by atoms with van der Waals surface area (Å²) in [5, 5.41) is 0. The minimum absolute atomic E-state index is 0.0207. The lowest BCUT2D eigenvalue weighted by molar-refractivity contribution is -0.138. The lowest BCUT2D eigenvalue weighted by Crippen LogP contribution is -2.32. The number of amides is 2. The topological polar surface area (TPSA) is 98.9 Å². The molecule has 0 spiro atoms. The van der Waals surface area contributed by atoms with Gasteiger partial charge in [-0.15, -0.1) is 0 Å². The molecule has 0 radical (unpaired) electrons. The zero-order valence-corrected chi connectivity index (χ0v) is 15.5. The number of benzene rings is 2. The molecule has 3 rings (SSSR count). The first kappa shape index (κ1) is 19.2. The van der Waals surface area contributed by atoms with Crippen LogP contribution < -0.4 is 15.4 Å². The van der Waals surface area contributed by atoms with E-state index in [4.69, 9.17) is 15.2 Å². The van der Waals surface area contributed by atoms with Crippen LogP contribution in [-0.2, 0) is 19.1 Å². The summed E-state index contributed by atoms with van der Waals surface area (Å²) >= 11 is 0. The molecule has 2 amide bonds. The Bertz CT molecular complexity index is 931. The molecule has 0 saturated carbocycles. The zero-order chi connectivity index (χ0) is 20.3. The molecule has 1 aliphatic rings. The summed E-state index contributed by atoms with van der Waals surface area (Å²) in [6.07, 6.45) is -0.139. The summed E-state index contributed by atoms with van der Waals surface area (Å²) in [7, 11) is 1.20. The first-order valence-corrected chi connectivity index (χ1v) is 8.66. The SMILES string of the molecule is COC(=O)C(=C(C)N)C1CC(=O)N(c2ccc(Oc3ccccc3)cc2)C1=O. The number of methoxy groups -OCH3 is 1. The number of anilines is 1. The molecule has 2 aromatic rings. The van der Waals surface area contributed by atoms with Gasteiger partial charge >= 0.3 is 5.97 Å². The fraction of sp³-hybridized carbons (Fsp3) is 0.190. The number of nitrogens with two attached hydrogens (primary N) is 1. The van der Waals surface area contributed by atoms with Crippen LogP contribution in [0.2, 0.25) is 0 Å². The smallest absolute Gasteiger partial charge is 0.336 e. The summed E-state index contributed by atoms with van der Waals surface area (Å²) < 4.78 is 10.4. The Morgan fingerprint density at radius 2 is 1.64 bits per heavy atom. The second-order valence-corrected chi connectivity index (χ2v) is 6.32. The highest BCUT2D eigenvalue weighted by Crippen LogP contribution is 2.33. The molecule has 7 nitrogen and oxygen atoms in total. The van der Waals surface area contributed by atoms with Crippen LogP contribution in [-0.4, -0.2) is 24.9 Å². The third kappa shape index (κ3) is 3.73. The Balaban J connectivity index is 1.82. The third-order valence-electron chi connectivity index (χ3n) is 4.40. The van der Waals surface area contributed by atoms with Crippen molar-refractivity contribution in [3.63, 3.8) is 0 Å². The van der Waals surface area contributed by atoms with Crippen molar-refractivity contribution in [1.29, 1.82) is 0 Å². The van der Waals surface area contributed by atoms with Crippen LogP contribution in [0.3, 0.4) is 0 Å². The first-order chi connectivity index (χ1) is 13.4. The maximum atomic E-state index is 12.8. The van der Waals surface area contributed by atoms with Crippen molar-refractivity contribution in [2.45, 2.75) is 13.3 Å². The molecule has 0 aliphatic carbocycles. The van der Waals surface area contributed by atoms with Crippen LogP contribution in [0.25, 0.3) is 0 Å². The van der Waals surface area contributed by atoms with Crippen LogP contribution >= 0.6 is 0 Å². The molecule has 0 aromatic heterocycles. The Morgan fingerprint density at radius 1 is 1.04 bits per heavy atom. The summed E-state index contributed by atoms with van der Waals surface area (Å²) in [4.78, 5) is 38.4. The van der Waals surface area contributed by atoms with E-state index in [2.05, 4.69) is 0 Å². The lowest BCUT2D eigenvalue weighted by atomic mass is 9.95. The number of nitrogens with zero attached hydrogens (tertiary/aromatic N) is 1. The van der Waals surface area contributed by atoms with Gasteiger partial charge in [0, 0.05) is 12.1 Å². The van der Waals surface area contributed by atoms with Gasteiger partial charge in [0.25, 0.3) is 0 Å². The van der Waals surface area contributed by atoms with E-state index < -0.39 is 23.7 Å². The second kappa shape index (κ2) is 7.96. The Hall–Kier alpha value is -3.61. The number of hydrogen-bond acceptors (Lipinski definition) is 6. The number of allylic oxidation sites excluding steroid dienone is 1. The second-order valence-electron chi connectivity index (χ2n) is 6.32. The van der Waals surface area contributed by atoms with Crippen LogP contribution in [0.1, 0.15) is 13.3 Å². The predicted molar refractivity (Wildman–Crippen MR) is 102 cm³/mol. The van der Waals surface area contributed by atoms with Crippen LogP contribution in [0, 0.1) is 5.92 Å². The largest absolute Gasteiger partial charge is 0.466 e. The van der Waals surface area contributed by atoms with E-state index in [0.29, 0.717) is 17.2 Å². The van der Waals surface area contributed by atoms with E-state index in [0.717, 1.165) is 4.90 Å². The monoisotopic (exact) mass is 380 g/mol. The van der Waals surface area contributed by atoms with E-state index in [1.54, 1.807) is 24.3 Å². The molecule has 0 bridgehead atoms. The third-order valence-corrected chi connectivity index (χ3v) is 4.40. The van der Waals surface area contributed by atoms with Gasteiger partial charge in [-0.05, 0) is 43.3 Å². The van der Waals surface area contributed by atoms with Crippen molar-refractivity contribution in [3.05, 3.63) is 65.9 Å². The van der Waals surface area contributed by atoms with Crippen LogP contribution in [0.15, 0.2) is 65.9 Å². The van der Waals surface area contributed by atoms with E-state index in [1.807, 2.05) is 30.3 Å². The molecule has 1 aliphatic heterocycles. The summed E-state index contributed by atoms with van der Waals surface area (Å²) in [5.74, 6) is -1.33. The Labute approximate surface area is 162 Å². The van der Waals surface area contributed by atoms with E-state index in [-0.39, 0.29) is 17.7 Å². The maximum Gasteiger partial charge on any atom is 0.336 e. The maximum absolute atomic E-state index is 12.8. The van der Waals surface area contributed by atoms with Gasteiger partial charge in [0.1, 0.15) is 11.5 Å². The number of hydrogen-bond donors (Lipinski definition) is 1. The average molecular weight is 380 g/mol. The molecular formula is C21H20N2O5. The highest BCUT2D eigenvalue weighted by atomic mass is 16.5. The fourth-order valence-corrected chi connectivity index (χ4v) is 3.10. The Morgan fingerprint density at radius 3 is 2.21 bits per heavy atom. The quantitative estimate of drug-likeness (QED) is 0.486. The molecule has 1 saturated heterocycles. The number of para-hydroxylation sites is 1. The molecule has 1 fully saturated rings. The van der Waals surface area contributed by atoms with Crippen molar-refractivity contribution in [2.75, 3.05) is 12.0 Å². The number of ether oxygens (including phenoxy) is 2. The molecule has 7 heteroatoms. The standard InChI is InChI=1S/C21H20N2O5/c1-13(22)19(21(26)27-2)17-12-18(24)23(20(17)25)14-8-10-16(11-9-14)28-15-6-4-3-5-7-15/h3-11,17H,12,22H2,1-2H3. The van der Waals surface area contributed by atoms with Gasteiger partial charge in [-0.2, -0.15) is 0 Å². The minimum atomic E-state index is -0.954. The van der Waals surface area contributed by atoms with Gasteiger partial charge in [0.15, 0.2) is 0 Å². The molecule has 144 valence electrons. The summed E-state index contributed by atoms with van der Waals surface area (Å²) in [6.45, 7) is 1.50. The zero-order valence-electron chi connectivity index (χ0n) is 15.5. The number of imide groups is 1. The number of rotatable bonds is 5. The van der Waals surface area contributed by atoms with Crippen molar-refractivity contribution in [2.24, 2.45) is 11.7 Å². The van der Waals surface area contributed by atoms with E-state index >= 15 is 0 Å². The van der Waals surface area contributed by atoms with Crippen molar-refractivity contribution < 1.29 is 23.9 Å². The summed E-state index contributed by atoms with van der Waals surface area (Å²) in [5.41, 5.74) is 6.34. The van der Waals surface area contributed by atoms with Gasteiger partial charge in [0.05, 0.1) is 24.3 Å². The lowest BCUT2D eigenvalue weighted by Gasteiger charge is -2.17. The van der Waals surface area contributed by atoms with Gasteiger partial charge in [-0.25, -0.2) is 9.69 Å². The van der Waals surface area contributed by atoms with E-state index in [1.165, 1.54) is 14.0 Å². The predicted octanol–water partition coefficient (Wildman–Crippen LogP) is 2.76. The van der Waals surface area contributed by atoms with Gasteiger partial charge < -0.3 is 15.2 Å². The van der Waals surface area contributed by atoms with Gasteiger partial charge in [0.2, 0.25) is 11.8 Å². The van der Waals surface area contributed by atoms with Crippen molar-refractivity contribution in [1.82, 2.24) is 0 Å². The normalized spacial score (nSPS) is 17.4. The molecule has 28 heavy (non-hydrogen) atoms. The highest BCUT2D eigenvalue weighted by molar-refractivity contribution is 6.23. The first-order valence-electron chi connectivity index (χ1n) is 8.66. The molecule has 2 aromatic carbocycles. The van der Waals surface area contributed by atoms with Crippen molar-refractivity contribution >= 4 is 23.5 Å². The molecule has 1 heterocycles. The van der Waals surface area contributed by atoms with Crippen molar-refractivity contribution in [3.8, 4) is 11.5 Å². The summed E-state index contributed by atoms with van der Waals surface area (Å²) in [6, 6.07) is 15.8. The van der Waals surface area contributed by atoms with E-state index in [9.17, 15) is 14.4 Å².